The molecular formula is C17H24N2O4. The Kier molecular flexibility index (Phi) is 5.98. The Hall–Kier alpha value is -2.08. The lowest BCUT2D eigenvalue weighted by molar-refractivity contribution is -0.119. The van der Waals surface area contributed by atoms with E-state index in [1.54, 1.807) is 25.1 Å². The molecule has 0 spiro atoms. The smallest absolute Gasteiger partial charge is 0.338 e. The van der Waals surface area contributed by atoms with Crippen molar-refractivity contribution in [2.45, 2.75) is 39.2 Å². The second-order valence-corrected chi connectivity index (χ2v) is 5.66. The second-order valence-electron chi connectivity index (χ2n) is 5.66. The fraction of sp³-hybridized carbons (Fsp3) is 0.529. The van der Waals surface area contributed by atoms with Crippen LogP contribution in [0.4, 0.5) is 11.4 Å². The molecule has 1 saturated carbocycles. The molecular weight excluding hydrogens is 296 g/mol. The van der Waals surface area contributed by atoms with Crippen LogP contribution >= 0.6 is 0 Å². The summed E-state index contributed by atoms with van der Waals surface area (Å²) in [6, 6.07) is 5.05. The molecule has 0 unspecified atom stereocenters. The van der Waals surface area contributed by atoms with Gasteiger partial charge in [-0.25, -0.2) is 4.79 Å². The number of anilines is 2. The van der Waals surface area contributed by atoms with Crippen molar-refractivity contribution in [1.82, 2.24) is 0 Å². The first-order valence-electron chi connectivity index (χ1n) is 8.09. The molecule has 2 atom stereocenters. The van der Waals surface area contributed by atoms with Crippen molar-refractivity contribution in [3.8, 4) is 0 Å². The maximum atomic E-state index is 12.4. The third-order valence-corrected chi connectivity index (χ3v) is 3.93. The van der Waals surface area contributed by atoms with Crippen molar-refractivity contribution in [3.63, 3.8) is 0 Å². The van der Waals surface area contributed by atoms with E-state index in [2.05, 4.69) is 10.6 Å². The highest BCUT2D eigenvalue weighted by Gasteiger charge is 2.29. The summed E-state index contributed by atoms with van der Waals surface area (Å²) in [5, 5.41) is 15.6. The van der Waals surface area contributed by atoms with E-state index in [0.29, 0.717) is 43.7 Å². The molecule has 0 saturated heterocycles. The molecule has 3 N–H and O–H groups in total. The normalized spacial score (nSPS) is 20.1. The topological polar surface area (TPSA) is 87.7 Å². The molecule has 0 aliphatic heterocycles. The molecule has 0 aromatic heterocycles. The predicted octanol–water partition coefficient (Wildman–Crippen LogP) is 2.39. The lowest BCUT2D eigenvalue weighted by Crippen LogP contribution is -2.22. The van der Waals surface area contributed by atoms with E-state index in [9.17, 15) is 14.7 Å². The standard InChI is InChI=1S/C17H24N2O4/c1-3-18-14-8-6-12(17(22)23-4-2)10-15(14)19-16(21)11-5-7-13(20)9-11/h6,8,10-11,13,18,20H,3-5,7,9H2,1-2H3,(H,19,21)/t11-,13-/m1/s1. The fourth-order valence-electron chi connectivity index (χ4n) is 2.76. The largest absolute Gasteiger partial charge is 0.462 e. The van der Waals surface area contributed by atoms with Crippen LogP contribution in [0.15, 0.2) is 18.2 Å². The molecule has 6 nitrogen and oxygen atoms in total. The van der Waals surface area contributed by atoms with Gasteiger partial charge in [0.05, 0.1) is 29.6 Å². The molecule has 1 aliphatic rings. The lowest BCUT2D eigenvalue weighted by Gasteiger charge is -2.16. The molecule has 6 heteroatoms. The Morgan fingerprint density at radius 3 is 2.65 bits per heavy atom. The maximum Gasteiger partial charge on any atom is 0.338 e. The molecule has 23 heavy (non-hydrogen) atoms. The van der Waals surface area contributed by atoms with Crippen LogP contribution in [0.25, 0.3) is 0 Å². The number of rotatable bonds is 6. The third-order valence-electron chi connectivity index (χ3n) is 3.93. The number of esters is 1. The molecule has 1 fully saturated rings. The van der Waals surface area contributed by atoms with Gasteiger partial charge in [0.2, 0.25) is 5.91 Å². The van der Waals surface area contributed by atoms with Gasteiger partial charge in [0.15, 0.2) is 0 Å². The van der Waals surface area contributed by atoms with Gasteiger partial charge in [-0.1, -0.05) is 0 Å². The lowest BCUT2D eigenvalue weighted by atomic mass is 10.1. The maximum absolute atomic E-state index is 12.4. The number of carbonyl (C=O) groups excluding carboxylic acids is 2. The van der Waals surface area contributed by atoms with Gasteiger partial charge >= 0.3 is 5.97 Å². The Balaban J connectivity index is 2.17. The van der Waals surface area contributed by atoms with Gasteiger partial charge in [0, 0.05) is 12.5 Å². The molecule has 1 aromatic carbocycles. The molecule has 1 amide bonds. The van der Waals surface area contributed by atoms with Gasteiger partial charge in [-0.2, -0.15) is 0 Å². The highest BCUT2D eigenvalue weighted by Crippen LogP contribution is 2.29. The molecule has 1 aliphatic carbocycles. The van der Waals surface area contributed by atoms with Crippen LogP contribution in [0, 0.1) is 5.92 Å². The first kappa shape index (κ1) is 17.3. The monoisotopic (exact) mass is 320 g/mol. The van der Waals surface area contributed by atoms with Crippen molar-refractivity contribution in [1.29, 1.82) is 0 Å². The van der Waals surface area contributed by atoms with Crippen LogP contribution in [-0.2, 0) is 9.53 Å². The number of benzene rings is 1. The summed E-state index contributed by atoms with van der Waals surface area (Å²) in [6.07, 6.45) is 1.42. The quantitative estimate of drug-likeness (QED) is 0.701. The minimum atomic E-state index is -0.415. The first-order chi connectivity index (χ1) is 11.0. The van der Waals surface area contributed by atoms with E-state index < -0.39 is 12.1 Å². The van der Waals surface area contributed by atoms with Crippen molar-refractivity contribution in [2.24, 2.45) is 5.92 Å². The Morgan fingerprint density at radius 1 is 1.26 bits per heavy atom. The third kappa shape index (κ3) is 4.45. The summed E-state index contributed by atoms with van der Waals surface area (Å²) in [4.78, 5) is 24.2. The summed E-state index contributed by atoms with van der Waals surface area (Å²) < 4.78 is 5.00. The van der Waals surface area contributed by atoms with E-state index in [1.165, 1.54) is 0 Å². The molecule has 2 rings (SSSR count). The zero-order chi connectivity index (χ0) is 16.8. The van der Waals surface area contributed by atoms with Crippen LogP contribution in [0.5, 0.6) is 0 Å². The highest BCUT2D eigenvalue weighted by atomic mass is 16.5. The summed E-state index contributed by atoms with van der Waals surface area (Å²) in [5.41, 5.74) is 1.71. The Labute approximate surface area is 136 Å². The molecule has 0 heterocycles. The average molecular weight is 320 g/mol. The Bertz CT molecular complexity index is 574. The molecule has 1 aromatic rings. The number of aliphatic hydroxyl groups is 1. The van der Waals surface area contributed by atoms with Crippen molar-refractivity contribution >= 4 is 23.3 Å². The van der Waals surface area contributed by atoms with Crippen LogP contribution in [-0.4, -0.2) is 36.2 Å². The number of aliphatic hydroxyl groups excluding tert-OH is 1. The number of hydrogen-bond acceptors (Lipinski definition) is 5. The predicted molar refractivity (Wildman–Crippen MR) is 88.5 cm³/mol. The number of ether oxygens (including phenoxy) is 1. The minimum Gasteiger partial charge on any atom is -0.462 e. The summed E-state index contributed by atoms with van der Waals surface area (Å²) in [6.45, 7) is 4.70. The van der Waals surface area contributed by atoms with E-state index in [-0.39, 0.29) is 11.8 Å². The minimum absolute atomic E-state index is 0.123. The number of carbonyl (C=O) groups is 2. The van der Waals surface area contributed by atoms with Gasteiger partial charge in [-0.05, 0) is 51.3 Å². The first-order valence-corrected chi connectivity index (χ1v) is 8.09. The van der Waals surface area contributed by atoms with E-state index >= 15 is 0 Å². The average Bonchev–Trinajstić information content (AvgIpc) is 2.96. The van der Waals surface area contributed by atoms with E-state index in [0.717, 1.165) is 5.69 Å². The van der Waals surface area contributed by atoms with Gasteiger partial charge in [0.25, 0.3) is 0 Å². The van der Waals surface area contributed by atoms with Crippen LogP contribution in [0.1, 0.15) is 43.5 Å². The molecule has 0 radical (unpaired) electrons. The molecule has 0 bridgehead atoms. The fourth-order valence-corrected chi connectivity index (χ4v) is 2.76. The Morgan fingerprint density at radius 2 is 2.04 bits per heavy atom. The van der Waals surface area contributed by atoms with Crippen molar-refractivity contribution in [2.75, 3.05) is 23.8 Å². The van der Waals surface area contributed by atoms with Gasteiger partial charge in [-0.3, -0.25) is 4.79 Å². The molecule has 126 valence electrons. The van der Waals surface area contributed by atoms with E-state index in [1.807, 2.05) is 6.92 Å². The second kappa shape index (κ2) is 7.97. The van der Waals surface area contributed by atoms with Crippen molar-refractivity contribution in [3.05, 3.63) is 23.8 Å². The number of nitrogens with one attached hydrogen (secondary N) is 2. The SMILES string of the molecule is CCNc1ccc(C(=O)OCC)cc1NC(=O)[C@@H]1CC[C@@H](O)C1. The van der Waals surface area contributed by atoms with Crippen molar-refractivity contribution < 1.29 is 19.4 Å². The number of hydrogen-bond donors (Lipinski definition) is 3. The summed E-state index contributed by atoms with van der Waals surface area (Å²) >= 11 is 0. The zero-order valence-electron chi connectivity index (χ0n) is 13.6. The zero-order valence-corrected chi connectivity index (χ0v) is 13.6. The highest BCUT2D eigenvalue weighted by molar-refractivity contribution is 5.99. The van der Waals surface area contributed by atoms with Gasteiger partial charge < -0.3 is 20.5 Å². The van der Waals surface area contributed by atoms with Gasteiger partial charge in [-0.15, -0.1) is 0 Å². The van der Waals surface area contributed by atoms with Crippen LogP contribution in [0.3, 0.4) is 0 Å². The van der Waals surface area contributed by atoms with Gasteiger partial charge in [0.1, 0.15) is 0 Å². The summed E-state index contributed by atoms with van der Waals surface area (Å²) in [5.74, 6) is -0.727. The van der Waals surface area contributed by atoms with E-state index in [4.69, 9.17) is 4.74 Å². The summed E-state index contributed by atoms with van der Waals surface area (Å²) in [7, 11) is 0. The van der Waals surface area contributed by atoms with Crippen LogP contribution in [0.2, 0.25) is 0 Å². The number of amides is 1. The van der Waals surface area contributed by atoms with Crippen LogP contribution < -0.4 is 10.6 Å².